The van der Waals surface area contributed by atoms with Gasteiger partial charge in [0.2, 0.25) is 0 Å². The van der Waals surface area contributed by atoms with E-state index >= 15 is 0 Å². The van der Waals surface area contributed by atoms with Crippen LogP contribution in [0.3, 0.4) is 0 Å². The van der Waals surface area contributed by atoms with Crippen LogP contribution in [0.4, 0.5) is 0 Å². The number of benzene rings is 2. The number of ether oxygens (including phenoxy) is 4. The van der Waals surface area contributed by atoms with Crippen molar-refractivity contribution >= 4 is 0 Å². The third kappa shape index (κ3) is 8.25. The molecule has 2 aromatic carbocycles. The first-order valence-corrected chi connectivity index (χ1v) is 13.0. The average molecular weight is 527 g/mol. The molecule has 0 aliphatic carbocycles. The van der Waals surface area contributed by atoms with Gasteiger partial charge in [-0.3, -0.25) is 0 Å². The summed E-state index contributed by atoms with van der Waals surface area (Å²) < 4.78 is 24.8. The van der Waals surface area contributed by atoms with Crippen LogP contribution in [0, 0.1) is 7.14 Å². The zero-order chi connectivity index (χ0) is 21.6. The van der Waals surface area contributed by atoms with Crippen molar-refractivity contribution in [1.82, 2.24) is 0 Å². The Hall–Kier alpha value is -1.63. The second kappa shape index (κ2) is 14.4. The maximum atomic E-state index is 5.92. The Morgan fingerprint density at radius 1 is 0.667 bits per heavy atom. The summed E-state index contributed by atoms with van der Waals surface area (Å²) >= 11 is -0.448. The second-order valence-corrected chi connectivity index (χ2v) is 10.1. The van der Waals surface area contributed by atoms with E-state index in [1.165, 1.54) is 48.5 Å². The van der Waals surface area contributed by atoms with E-state index in [4.69, 9.17) is 18.9 Å². The number of halogens is 1. The van der Waals surface area contributed by atoms with Crippen molar-refractivity contribution in [3.8, 4) is 23.0 Å². The summed E-state index contributed by atoms with van der Waals surface area (Å²) in [5.74, 6) is 3.31. The van der Waals surface area contributed by atoms with Crippen LogP contribution < -0.4 is 40.2 Å². The number of unbranched alkanes of at least 4 members (excludes halogenated alkanes) is 7. The molecule has 0 saturated heterocycles. The van der Waals surface area contributed by atoms with Gasteiger partial charge in [-0.05, 0) is 0 Å². The van der Waals surface area contributed by atoms with Crippen LogP contribution in [0.25, 0.3) is 0 Å². The van der Waals surface area contributed by atoms with Gasteiger partial charge in [0.1, 0.15) is 0 Å². The fourth-order valence-electron chi connectivity index (χ4n) is 3.19. The van der Waals surface area contributed by atoms with Crippen LogP contribution >= 0.6 is 0 Å². The standard InChI is InChI=1S/C25H36IO4/c1-5-6-7-8-9-10-11-12-17-30-21-15-13-20(14-16-21)26-25-23(28-3)18-22(27-2)19-24(25)29-4/h13-16,18-19H,5-12,17H2,1-4H3/q-1. The summed E-state index contributed by atoms with van der Waals surface area (Å²) in [5.41, 5.74) is 0. The SMILES string of the molecule is CCCCCCCCCCOc1ccc([I-]c2c(OC)cc(OC)cc2OC)cc1. The summed E-state index contributed by atoms with van der Waals surface area (Å²) in [5, 5.41) is 0. The average Bonchev–Trinajstić information content (AvgIpc) is 2.79. The Labute approximate surface area is 192 Å². The van der Waals surface area contributed by atoms with Crippen LogP contribution in [0.15, 0.2) is 36.4 Å². The first kappa shape index (κ1) is 24.6. The van der Waals surface area contributed by atoms with Crippen molar-refractivity contribution in [3.05, 3.63) is 43.5 Å². The third-order valence-electron chi connectivity index (χ3n) is 4.94. The molecule has 0 aromatic heterocycles. The fraction of sp³-hybridized carbons (Fsp3) is 0.520. The van der Waals surface area contributed by atoms with Gasteiger partial charge in [-0.15, -0.1) is 0 Å². The molecule has 0 aliphatic rings. The Kier molecular flexibility index (Phi) is 11.8. The van der Waals surface area contributed by atoms with E-state index in [0.29, 0.717) is 0 Å². The van der Waals surface area contributed by atoms with Crippen molar-refractivity contribution in [2.45, 2.75) is 58.3 Å². The minimum absolute atomic E-state index is 0.448. The second-order valence-electron chi connectivity index (χ2n) is 7.22. The quantitative estimate of drug-likeness (QED) is 0.263. The summed E-state index contributed by atoms with van der Waals surface area (Å²) in [6, 6.07) is 12.3. The molecule has 2 aromatic rings. The van der Waals surface area contributed by atoms with E-state index in [-0.39, 0.29) is 0 Å². The van der Waals surface area contributed by atoms with E-state index < -0.39 is 21.2 Å². The van der Waals surface area contributed by atoms with E-state index in [0.717, 1.165) is 39.6 Å². The molecule has 0 N–H and O–H groups in total. The van der Waals surface area contributed by atoms with Crippen LogP contribution in [0.5, 0.6) is 23.0 Å². The molecule has 0 aliphatic heterocycles. The predicted molar refractivity (Wildman–Crippen MR) is 118 cm³/mol. The maximum absolute atomic E-state index is 5.92. The summed E-state index contributed by atoms with van der Waals surface area (Å²) in [6.45, 7) is 3.06. The number of hydrogen-bond acceptors (Lipinski definition) is 4. The zero-order valence-corrected chi connectivity index (χ0v) is 21.0. The fourth-order valence-corrected chi connectivity index (χ4v) is 5.81. The summed E-state index contributed by atoms with van der Waals surface area (Å²) in [6.07, 6.45) is 10.5. The molecule has 5 heteroatoms. The van der Waals surface area contributed by atoms with E-state index in [2.05, 4.69) is 31.2 Å². The molecular formula is C25H36IO4-. The Balaban J connectivity index is 1.81. The summed E-state index contributed by atoms with van der Waals surface area (Å²) in [4.78, 5) is 0. The van der Waals surface area contributed by atoms with Gasteiger partial charge in [0.25, 0.3) is 0 Å². The molecule has 0 amide bonds. The van der Waals surface area contributed by atoms with Crippen LogP contribution in [0.1, 0.15) is 58.3 Å². The summed E-state index contributed by atoms with van der Waals surface area (Å²) in [7, 11) is 5.02. The topological polar surface area (TPSA) is 36.9 Å². The van der Waals surface area contributed by atoms with Crippen molar-refractivity contribution in [2.75, 3.05) is 27.9 Å². The monoisotopic (exact) mass is 527 g/mol. The van der Waals surface area contributed by atoms with Crippen LogP contribution in [-0.4, -0.2) is 27.9 Å². The molecule has 2 rings (SSSR count). The van der Waals surface area contributed by atoms with Crippen molar-refractivity contribution in [2.24, 2.45) is 0 Å². The third-order valence-corrected chi connectivity index (χ3v) is 7.88. The molecule has 0 heterocycles. The molecule has 0 bridgehead atoms. The minimum atomic E-state index is -0.448. The van der Waals surface area contributed by atoms with Gasteiger partial charge in [0.05, 0.1) is 0 Å². The predicted octanol–water partition coefficient (Wildman–Crippen LogP) is 3.36. The van der Waals surface area contributed by atoms with Gasteiger partial charge in [0.15, 0.2) is 0 Å². The molecule has 30 heavy (non-hydrogen) atoms. The van der Waals surface area contributed by atoms with Gasteiger partial charge in [-0.25, -0.2) is 0 Å². The van der Waals surface area contributed by atoms with Gasteiger partial charge < -0.3 is 0 Å². The zero-order valence-electron chi connectivity index (χ0n) is 18.8. The van der Waals surface area contributed by atoms with E-state index in [9.17, 15) is 0 Å². The molecule has 168 valence electrons. The molecule has 0 spiro atoms. The first-order chi connectivity index (χ1) is 14.7. The number of hydrogen-bond donors (Lipinski definition) is 0. The van der Waals surface area contributed by atoms with E-state index in [1.807, 2.05) is 12.1 Å². The number of methoxy groups -OCH3 is 3. The molecule has 0 saturated carbocycles. The Bertz CT molecular complexity index is 705. The van der Waals surface area contributed by atoms with Crippen molar-refractivity contribution < 1.29 is 40.2 Å². The molecule has 0 atom stereocenters. The normalized spacial score (nSPS) is 10.8. The van der Waals surface area contributed by atoms with Crippen LogP contribution in [0.2, 0.25) is 0 Å². The first-order valence-electron chi connectivity index (χ1n) is 10.9. The molecule has 4 nitrogen and oxygen atoms in total. The van der Waals surface area contributed by atoms with Gasteiger partial charge in [-0.1, -0.05) is 19.8 Å². The van der Waals surface area contributed by atoms with Gasteiger partial charge in [0, 0.05) is 0 Å². The van der Waals surface area contributed by atoms with Crippen molar-refractivity contribution in [1.29, 1.82) is 0 Å². The van der Waals surface area contributed by atoms with Gasteiger partial charge in [-0.2, -0.15) is 0 Å². The van der Waals surface area contributed by atoms with Crippen molar-refractivity contribution in [3.63, 3.8) is 0 Å². The Morgan fingerprint density at radius 2 is 1.23 bits per heavy atom. The Morgan fingerprint density at radius 3 is 1.77 bits per heavy atom. The van der Waals surface area contributed by atoms with E-state index in [1.54, 1.807) is 21.3 Å². The van der Waals surface area contributed by atoms with Crippen LogP contribution in [-0.2, 0) is 0 Å². The molecule has 0 fully saturated rings. The molecule has 0 radical (unpaired) electrons. The van der Waals surface area contributed by atoms with Gasteiger partial charge >= 0.3 is 173 Å². The number of rotatable bonds is 15. The molecule has 0 unspecified atom stereocenters. The molecular weight excluding hydrogens is 491 g/mol.